The van der Waals surface area contributed by atoms with Crippen LogP contribution in [0.1, 0.15) is 34.2 Å². The van der Waals surface area contributed by atoms with Crippen LogP contribution in [0.15, 0.2) is 22.8 Å². The van der Waals surface area contributed by atoms with Gasteiger partial charge in [0.25, 0.3) is 0 Å². The summed E-state index contributed by atoms with van der Waals surface area (Å²) in [5.74, 6) is 0.519. The van der Waals surface area contributed by atoms with Crippen LogP contribution in [-0.4, -0.2) is 48.9 Å². The molecule has 29 heavy (non-hydrogen) atoms. The highest BCUT2D eigenvalue weighted by molar-refractivity contribution is 6.13. The number of aliphatic imine (C=N–C) groups is 1. The summed E-state index contributed by atoms with van der Waals surface area (Å²) in [5, 5.41) is 4.19. The molecule has 2 heterocycles. The molecule has 1 aromatic heterocycles. The second kappa shape index (κ2) is 7.78. The Hall–Kier alpha value is -3.62. The number of carbonyl (C=O) groups is 2. The predicted molar refractivity (Wildman–Crippen MR) is 105 cm³/mol. The number of hydrogen-bond donors (Lipinski definition) is 0. The Morgan fingerprint density at radius 1 is 1.10 bits per heavy atom. The minimum Gasteiger partial charge on any atom is -0.493 e. The maximum absolute atomic E-state index is 12.4. The fourth-order valence-corrected chi connectivity index (χ4v) is 3.04. The van der Waals surface area contributed by atoms with Crippen LogP contribution in [0, 0.1) is 13.8 Å². The summed E-state index contributed by atoms with van der Waals surface area (Å²) in [6, 6.07) is 3.28. The molecule has 0 saturated heterocycles. The highest BCUT2D eigenvalue weighted by atomic mass is 16.6. The molecule has 1 aliphatic heterocycles. The zero-order valence-electron chi connectivity index (χ0n) is 17.0. The Labute approximate surface area is 167 Å². The van der Waals surface area contributed by atoms with E-state index in [1.165, 1.54) is 32.9 Å². The van der Waals surface area contributed by atoms with Crippen LogP contribution >= 0.6 is 0 Å². The van der Waals surface area contributed by atoms with Gasteiger partial charge in [-0.1, -0.05) is 0 Å². The molecule has 0 radical (unpaired) electrons. The van der Waals surface area contributed by atoms with Crippen molar-refractivity contribution in [1.82, 2.24) is 9.78 Å². The number of benzene rings is 1. The van der Waals surface area contributed by atoms with Gasteiger partial charge in [0.1, 0.15) is 0 Å². The first-order valence-corrected chi connectivity index (χ1v) is 8.70. The molecule has 9 heteroatoms. The summed E-state index contributed by atoms with van der Waals surface area (Å²) >= 11 is 0. The largest absolute Gasteiger partial charge is 0.493 e. The van der Waals surface area contributed by atoms with Gasteiger partial charge in [-0.3, -0.25) is 4.79 Å². The van der Waals surface area contributed by atoms with Gasteiger partial charge in [0.2, 0.25) is 17.6 Å². The SMILES string of the molecule is COc1cc(C2=N/C(=C/c3c(C)nn(C(C)=O)c3C)C(=O)O2)cc(OC)c1OC. The number of rotatable bonds is 5. The zero-order valence-corrected chi connectivity index (χ0v) is 17.0. The van der Waals surface area contributed by atoms with Crippen LogP contribution in [0.25, 0.3) is 6.08 Å². The number of cyclic esters (lactones) is 1. The fourth-order valence-electron chi connectivity index (χ4n) is 3.04. The molecule has 1 aromatic carbocycles. The number of methoxy groups -OCH3 is 3. The van der Waals surface area contributed by atoms with Gasteiger partial charge in [-0.05, 0) is 32.1 Å². The lowest BCUT2D eigenvalue weighted by atomic mass is 10.1. The molecule has 0 fully saturated rings. The van der Waals surface area contributed by atoms with Gasteiger partial charge in [-0.2, -0.15) is 5.10 Å². The van der Waals surface area contributed by atoms with Crippen LogP contribution in [0.2, 0.25) is 0 Å². The molecular weight excluding hydrogens is 378 g/mol. The smallest absolute Gasteiger partial charge is 0.363 e. The minimum absolute atomic E-state index is 0.100. The zero-order chi connectivity index (χ0) is 21.3. The molecule has 0 atom stereocenters. The van der Waals surface area contributed by atoms with Crippen molar-refractivity contribution >= 4 is 23.9 Å². The lowest BCUT2D eigenvalue weighted by Gasteiger charge is -2.13. The van der Waals surface area contributed by atoms with Gasteiger partial charge in [0.15, 0.2) is 17.2 Å². The van der Waals surface area contributed by atoms with Gasteiger partial charge in [0.05, 0.1) is 32.7 Å². The number of ether oxygens (including phenoxy) is 4. The standard InChI is InChI=1S/C20H21N3O6/c1-10-14(11(2)23(22-10)12(3)24)9-15-20(25)29-19(21-15)13-7-16(26-4)18(28-6)17(8-13)27-5/h7-9H,1-6H3/b15-9+. The summed E-state index contributed by atoms with van der Waals surface area (Å²) in [5.41, 5.74) is 2.45. The fraction of sp³-hybridized carbons (Fsp3) is 0.300. The molecule has 152 valence electrons. The van der Waals surface area contributed by atoms with Crippen LogP contribution < -0.4 is 14.2 Å². The molecular formula is C20H21N3O6. The van der Waals surface area contributed by atoms with Crippen LogP contribution in [-0.2, 0) is 9.53 Å². The maximum atomic E-state index is 12.4. The summed E-state index contributed by atoms with van der Waals surface area (Å²) in [4.78, 5) is 28.4. The van der Waals surface area contributed by atoms with Crippen molar-refractivity contribution in [2.75, 3.05) is 21.3 Å². The summed E-state index contributed by atoms with van der Waals surface area (Å²) in [6.45, 7) is 4.92. The Balaban J connectivity index is 2.06. The summed E-state index contributed by atoms with van der Waals surface area (Å²) in [6.07, 6.45) is 1.56. The van der Waals surface area contributed by atoms with Gasteiger partial charge in [0, 0.05) is 18.1 Å². The van der Waals surface area contributed by atoms with Crippen LogP contribution in [0.5, 0.6) is 17.2 Å². The van der Waals surface area contributed by atoms with Crippen LogP contribution in [0.3, 0.4) is 0 Å². The number of nitrogens with zero attached hydrogens (tertiary/aromatic N) is 3. The van der Waals surface area contributed by atoms with E-state index < -0.39 is 5.97 Å². The van der Waals surface area contributed by atoms with Gasteiger partial charge < -0.3 is 18.9 Å². The van der Waals surface area contributed by atoms with E-state index in [9.17, 15) is 9.59 Å². The second-order valence-corrected chi connectivity index (χ2v) is 6.27. The van der Waals surface area contributed by atoms with Gasteiger partial charge >= 0.3 is 5.97 Å². The molecule has 9 nitrogen and oxygen atoms in total. The molecule has 0 aliphatic carbocycles. The van der Waals surface area contributed by atoms with Crippen molar-refractivity contribution in [2.45, 2.75) is 20.8 Å². The third-order valence-corrected chi connectivity index (χ3v) is 4.46. The Morgan fingerprint density at radius 2 is 1.72 bits per heavy atom. The molecule has 0 unspecified atom stereocenters. The van der Waals surface area contributed by atoms with E-state index in [0.29, 0.717) is 39.8 Å². The molecule has 0 amide bonds. The van der Waals surface area contributed by atoms with Crippen molar-refractivity contribution in [3.8, 4) is 17.2 Å². The lowest BCUT2D eigenvalue weighted by molar-refractivity contribution is -0.129. The summed E-state index contributed by atoms with van der Waals surface area (Å²) < 4.78 is 22.6. The molecule has 0 spiro atoms. The predicted octanol–water partition coefficient (Wildman–Crippen LogP) is 2.53. The quantitative estimate of drug-likeness (QED) is 0.562. The number of carbonyl (C=O) groups excluding carboxylic acids is 2. The van der Waals surface area contributed by atoms with E-state index in [1.807, 2.05) is 0 Å². The molecule has 3 rings (SSSR count). The molecule has 0 bridgehead atoms. The first-order valence-electron chi connectivity index (χ1n) is 8.70. The van der Waals surface area contributed by atoms with Crippen molar-refractivity contribution in [2.24, 2.45) is 4.99 Å². The van der Waals surface area contributed by atoms with E-state index in [0.717, 1.165) is 0 Å². The molecule has 2 aromatic rings. The highest BCUT2D eigenvalue weighted by Crippen LogP contribution is 2.39. The topological polar surface area (TPSA) is 101 Å². The summed E-state index contributed by atoms with van der Waals surface area (Å²) in [7, 11) is 4.49. The number of hydrogen-bond acceptors (Lipinski definition) is 8. The van der Waals surface area contributed by atoms with Crippen molar-refractivity contribution in [3.63, 3.8) is 0 Å². The van der Waals surface area contributed by atoms with Crippen molar-refractivity contribution in [3.05, 3.63) is 40.3 Å². The van der Waals surface area contributed by atoms with Crippen molar-refractivity contribution in [1.29, 1.82) is 0 Å². The monoisotopic (exact) mass is 399 g/mol. The number of aryl methyl sites for hydroxylation is 1. The Kier molecular flexibility index (Phi) is 5.40. The van der Waals surface area contributed by atoms with E-state index in [2.05, 4.69) is 10.1 Å². The maximum Gasteiger partial charge on any atom is 0.363 e. The van der Waals surface area contributed by atoms with Gasteiger partial charge in [-0.25, -0.2) is 14.5 Å². The molecule has 0 saturated carbocycles. The average Bonchev–Trinajstić information content (AvgIpc) is 3.21. The van der Waals surface area contributed by atoms with Crippen molar-refractivity contribution < 1.29 is 28.5 Å². The average molecular weight is 399 g/mol. The van der Waals surface area contributed by atoms with Crippen LogP contribution in [0.4, 0.5) is 0 Å². The van der Waals surface area contributed by atoms with Gasteiger partial charge in [-0.15, -0.1) is 0 Å². The van der Waals surface area contributed by atoms with E-state index in [-0.39, 0.29) is 17.5 Å². The highest BCUT2D eigenvalue weighted by Gasteiger charge is 2.27. The molecule has 1 aliphatic rings. The third kappa shape index (κ3) is 3.58. The first-order chi connectivity index (χ1) is 13.8. The minimum atomic E-state index is -0.608. The Morgan fingerprint density at radius 3 is 2.21 bits per heavy atom. The molecule has 0 N–H and O–H groups in total. The number of esters is 1. The second-order valence-electron chi connectivity index (χ2n) is 6.27. The van der Waals surface area contributed by atoms with E-state index >= 15 is 0 Å². The van der Waals surface area contributed by atoms with E-state index in [1.54, 1.807) is 32.1 Å². The normalized spacial score (nSPS) is 14.6. The lowest BCUT2D eigenvalue weighted by Crippen LogP contribution is -2.09. The number of aromatic nitrogens is 2. The third-order valence-electron chi connectivity index (χ3n) is 4.46. The Bertz CT molecular complexity index is 1040. The van der Waals surface area contributed by atoms with E-state index in [4.69, 9.17) is 18.9 Å². The first kappa shape index (κ1) is 20.1.